The van der Waals surface area contributed by atoms with Gasteiger partial charge in [-0.2, -0.15) is 5.10 Å². The Balaban J connectivity index is 1.83. The van der Waals surface area contributed by atoms with Crippen LogP contribution in [0, 0.1) is 11.8 Å². The Morgan fingerprint density at radius 1 is 1.53 bits per heavy atom. The number of aliphatic hydroxyl groups excluding tert-OH is 1. The maximum absolute atomic E-state index is 11.9. The summed E-state index contributed by atoms with van der Waals surface area (Å²) in [6.45, 7) is 4.49. The standard InChI is InChI=1S/C13H22N4O2/c1-2-3-11-4-12(17-16-11)13(19)15-7-9-5-14-6-10(9)8-18/h4,9-10,14,18H,2-3,5-8H2,1H3,(H,15,19)(H,16,17)/t9-,10-/m1/s1. The maximum atomic E-state index is 11.9. The fraction of sp³-hybridized carbons (Fsp3) is 0.692. The summed E-state index contributed by atoms with van der Waals surface area (Å²) >= 11 is 0. The molecule has 19 heavy (non-hydrogen) atoms. The van der Waals surface area contributed by atoms with E-state index in [0.29, 0.717) is 18.2 Å². The summed E-state index contributed by atoms with van der Waals surface area (Å²) in [6, 6.07) is 1.80. The summed E-state index contributed by atoms with van der Waals surface area (Å²) in [7, 11) is 0. The summed E-state index contributed by atoms with van der Waals surface area (Å²) in [6.07, 6.45) is 1.93. The molecular weight excluding hydrogens is 244 g/mol. The molecule has 1 amide bonds. The van der Waals surface area contributed by atoms with Crippen LogP contribution in [-0.2, 0) is 6.42 Å². The second-order valence-corrected chi connectivity index (χ2v) is 5.10. The van der Waals surface area contributed by atoms with E-state index in [4.69, 9.17) is 0 Å². The first-order chi connectivity index (χ1) is 9.24. The Morgan fingerprint density at radius 3 is 3.05 bits per heavy atom. The van der Waals surface area contributed by atoms with Crippen molar-refractivity contribution in [2.24, 2.45) is 11.8 Å². The van der Waals surface area contributed by atoms with Gasteiger partial charge in [-0.1, -0.05) is 13.3 Å². The number of hydrogen-bond acceptors (Lipinski definition) is 4. The van der Waals surface area contributed by atoms with Gasteiger partial charge < -0.3 is 15.7 Å². The third-order valence-electron chi connectivity index (χ3n) is 3.62. The third-order valence-corrected chi connectivity index (χ3v) is 3.62. The molecule has 0 aliphatic carbocycles. The fourth-order valence-electron chi connectivity index (χ4n) is 2.43. The molecule has 0 saturated carbocycles. The monoisotopic (exact) mass is 266 g/mol. The van der Waals surface area contributed by atoms with Crippen LogP contribution in [-0.4, -0.2) is 47.5 Å². The Morgan fingerprint density at radius 2 is 2.32 bits per heavy atom. The van der Waals surface area contributed by atoms with Crippen LogP contribution < -0.4 is 10.6 Å². The molecule has 2 atom stereocenters. The van der Waals surface area contributed by atoms with Crippen LogP contribution in [0.25, 0.3) is 0 Å². The van der Waals surface area contributed by atoms with Crippen LogP contribution in [0.4, 0.5) is 0 Å². The van der Waals surface area contributed by atoms with Gasteiger partial charge in [-0.25, -0.2) is 0 Å². The minimum atomic E-state index is -0.151. The van der Waals surface area contributed by atoms with Crippen molar-refractivity contribution in [3.63, 3.8) is 0 Å². The highest BCUT2D eigenvalue weighted by Gasteiger charge is 2.26. The van der Waals surface area contributed by atoms with Crippen molar-refractivity contribution >= 4 is 5.91 Å². The van der Waals surface area contributed by atoms with E-state index in [1.165, 1.54) is 0 Å². The topological polar surface area (TPSA) is 90.0 Å². The summed E-state index contributed by atoms with van der Waals surface area (Å²) in [5, 5.41) is 22.2. The van der Waals surface area contributed by atoms with Crippen molar-refractivity contribution < 1.29 is 9.90 Å². The van der Waals surface area contributed by atoms with Crippen molar-refractivity contribution in [3.8, 4) is 0 Å². The number of nitrogens with one attached hydrogen (secondary N) is 3. The molecule has 1 saturated heterocycles. The highest BCUT2D eigenvalue weighted by molar-refractivity contribution is 5.92. The summed E-state index contributed by atoms with van der Waals surface area (Å²) in [4.78, 5) is 11.9. The fourth-order valence-corrected chi connectivity index (χ4v) is 2.43. The lowest BCUT2D eigenvalue weighted by Gasteiger charge is -2.16. The van der Waals surface area contributed by atoms with Crippen LogP contribution in [0.15, 0.2) is 6.07 Å². The van der Waals surface area contributed by atoms with Crippen LogP contribution in [0.1, 0.15) is 29.5 Å². The summed E-state index contributed by atoms with van der Waals surface area (Å²) < 4.78 is 0. The number of nitrogens with zero attached hydrogens (tertiary/aromatic N) is 1. The van der Waals surface area contributed by atoms with Gasteiger partial charge in [0.2, 0.25) is 0 Å². The van der Waals surface area contributed by atoms with Gasteiger partial charge in [0.15, 0.2) is 0 Å². The summed E-state index contributed by atoms with van der Waals surface area (Å²) in [5.74, 6) is 0.375. The van der Waals surface area contributed by atoms with E-state index < -0.39 is 0 Å². The van der Waals surface area contributed by atoms with Crippen molar-refractivity contribution in [1.29, 1.82) is 0 Å². The lowest BCUT2D eigenvalue weighted by molar-refractivity contribution is 0.0935. The van der Waals surface area contributed by atoms with E-state index in [0.717, 1.165) is 31.6 Å². The number of carbonyl (C=O) groups is 1. The second-order valence-electron chi connectivity index (χ2n) is 5.10. The van der Waals surface area contributed by atoms with E-state index in [2.05, 4.69) is 27.8 Å². The number of aromatic nitrogens is 2. The number of aromatic amines is 1. The van der Waals surface area contributed by atoms with Gasteiger partial charge in [-0.3, -0.25) is 9.89 Å². The molecule has 4 N–H and O–H groups in total. The first-order valence-corrected chi connectivity index (χ1v) is 6.88. The molecule has 0 spiro atoms. The number of aryl methyl sites for hydroxylation is 1. The van der Waals surface area contributed by atoms with Gasteiger partial charge in [0.1, 0.15) is 5.69 Å². The SMILES string of the molecule is CCCc1cc(C(=O)NC[C@H]2CNC[C@@H]2CO)n[nH]1. The van der Waals surface area contributed by atoms with E-state index in [9.17, 15) is 9.90 Å². The smallest absolute Gasteiger partial charge is 0.271 e. The summed E-state index contributed by atoms with van der Waals surface area (Å²) in [5.41, 5.74) is 1.43. The van der Waals surface area contributed by atoms with Gasteiger partial charge in [0.05, 0.1) is 0 Å². The molecule has 1 fully saturated rings. The molecular formula is C13H22N4O2. The maximum Gasteiger partial charge on any atom is 0.271 e. The highest BCUT2D eigenvalue weighted by Crippen LogP contribution is 2.15. The van der Waals surface area contributed by atoms with Crippen molar-refractivity contribution in [3.05, 3.63) is 17.5 Å². The first kappa shape index (κ1) is 14.0. The second kappa shape index (κ2) is 6.68. The number of carbonyl (C=O) groups excluding carboxylic acids is 1. The molecule has 6 heteroatoms. The lowest BCUT2D eigenvalue weighted by atomic mass is 9.97. The molecule has 2 heterocycles. The molecule has 106 valence electrons. The third kappa shape index (κ3) is 3.54. The molecule has 1 aliphatic rings. The highest BCUT2D eigenvalue weighted by atomic mass is 16.3. The van der Waals surface area contributed by atoms with E-state index in [1.807, 2.05) is 0 Å². The molecule has 0 radical (unpaired) electrons. The number of amides is 1. The zero-order chi connectivity index (χ0) is 13.7. The number of hydrogen-bond donors (Lipinski definition) is 4. The average Bonchev–Trinajstić information content (AvgIpc) is 3.04. The van der Waals surface area contributed by atoms with E-state index >= 15 is 0 Å². The lowest BCUT2D eigenvalue weighted by Crippen LogP contribution is -2.33. The van der Waals surface area contributed by atoms with Crippen molar-refractivity contribution in [2.45, 2.75) is 19.8 Å². The Hall–Kier alpha value is -1.40. The molecule has 1 aromatic rings. The Bertz CT molecular complexity index is 419. The first-order valence-electron chi connectivity index (χ1n) is 6.88. The largest absolute Gasteiger partial charge is 0.396 e. The Labute approximate surface area is 113 Å². The van der Waals surface area contributed by atoms with Gasteiger partial charge in [-0.15, -0.1) is 0 Å². The Kier molecular flexibility index (Phi) is 4.93. The van der Waals surface area contributed by atoms with E-state index in [-0.39, 0.29) is 18.4 Å². The van der Waals surface area contributed by atoms with Gasteiger partial charge in [-0.05, 0) is 18.4 Å². The average molecular weight is 266 g/mol. The van der Waals surface area contributed by atoms with Crippen molar-refractivity contribution in [1.82, 2.24) is 20.8 Å². The normalized spacial score (nSPS) is 22.6. The van der Waals surface area contributed by atoms with Crippen molar-refractivity contribution in [2.75, 3.05) is 26.2 Å². The zero-order valence-corrected chi connectivity index (χ0v) is 11.3. The number of rotatable bonds is 6. The van der Waals surface area contributed by atoms with E-state index in [1.54, 1.807) is 6.07 Å². The molecule has 0 bridgehead atoms. The van der Waals surface area contributed by atoms with Crippen LogP contribution in [0.3, 0.4) is 0 Å². The predicted molar refractivity (Wildman–Crippen MR) is 71.9 cm³/mol. The molecule has 2 rings (SSSR count). The van der Waals surface area contributed by atoms with Crippen LogP contribution in [0.5, 0.6) is 0 Å². The number of aliphatic hydroxyl groups is 1. The molecule has 0 unspecified atom stereocenters. The predicted octanol–water partition coefficient (Wildman–Crippen LogP) is -0.0801. The van der Waals surface area contributed by atoms with Gasteiger partial charge in [0.25, 0.3) is 5.91 Å². The van der Waals surface area contributed by atoms with Crippen LogP contribution >= 0.6 is 0 Å². The molecule has 0 aromatic carbocycles. The molecule has 6 nitrogen and oxygen atoms in total. The minimum Gasteiger partial charge on any atom is -0.396 e. The molecule has 1 aromatic heterocycles. The van der Waals surface area contributed by atoms with Gasteiger partial charge >= 0.3 is 0 Å². The van der Waals surface area contributed by atoms with Gasteiger partial charge in [0, 0.05) is 37.9 Å². The quantitative estimate of drug-likeness (QED) is 0.580. The number of H-pyrrole nitrogens is 1. The van der Waals surface area contributed by atoms with Crippen LogP contribution in [0.2, 0.25) is 0 Å². The molecule has 1 aliphatic heterocycles. The minimum absolute atomic E-state index is 0.151. The zero-order valence-electron chi connectivity index (χ0n) is 11.3.